The molecule has 1 amide bonds. The Bertz CT molecular complexity index is 1190. The van der Waals surface area contributed by atoms with Crippen molar-refractivity contribution in [3.05, 3.63) is 106 Å². The lowest BCUT2D eigenvalue weighted by Crippen LogP contribution is -2.31. The summed E-state index contributed by atoms with van der Waals surface area (Å²) < 4.78 is 0. The van der Waals surface area contributed by atoms with Crippen LogP contribution in [0.25, 0.3) is 0 Å². The number of rotatable bonds is 3. The summed E-state index contributed by atoms with van der Waals surface area (Å²) in [5, 5.41) is 6.87. The van der Waals surface area contributed by atoms with Crippen LogP contribution in [0, 0.1) is 26.7 Å². The van der Waals surface area contributed by atoms with Crippen LogP contribution in [0.5, 0.6) is 0 Å². The average Bonchev–Trinajstić information content (AvgIpc) is 3.25. The van der Waals surface area contributed by atoms with E-state index in [-0.39, 0.29) is 11.9 Å². The first-order chi connectivity index (χ1) is 15.0. The number of carbonyl (C=O) groups is 1. The van der Waals surface area contributed by atoms with E-state index >= 15 is 0 Å². The molecular weight excluding hydrogens is 380 g/mol. The van der Waals surface area contributed by atoms with E-state index in [9.17, 15) is 4.79 Å². The molecule has 31 heavy (non-hydrogen) atoms. The maximum atomic E-state index is 13.3. The van der Waals surface area contributed by atoms with Crippen LogP contribution in [-0.2, 0) is 0 Å². The molecule has 1 aliphatic carbocycles. The van der Waals surface area contributed by atoms with Crippen molar-refractivity contribution in [3.63, 3.8) is 0 Å². The van der Waals surface area contributed by atoms with Gasteiger partial charge < -0.3 is 10.6 Å². The molecule has 3 heteroatoms. The lowest BCUT2D eigenvalue weighted by molar-refractivity contribution is 0.102. The molecule has 3 unspecified atom stereocenters. The van der Waals surface area contributed by atoms with Gasteiger partial charge in [0.25, 0.3) is 5.91 Å². The predicted molar refractivity (Wildman–Crippen MR) is 128 cm³/mol. The molecule has 0 saturated heterocycles. The second kappa shape index (κ2) is 7.73. The smallest absolute Gasteiger partial charge is 0.257 e. The molecule has 0 saturated carbocycles. The lowest BCUT2D eigenvalue weighted by atomic mass is 9.76. The summed E-state index contributed by atoms with van der Waals surface area (Å²) >= 11 is 0. The van der Waals surface area contributed by atoms with Gasteiger partial charge in [-0.25, -0.2) is 0 Å². The number of anilines is 2. The molecule has 156 valence electrons. The Morgan fingerprint density at radius 1 is 0.968 bits per heavy atom. The largest absolute Gasteiger partial charge is 0.377 e. The number of carbonyl (C=O) groups excluding carboxylic acids is 1. The summed E-state index contributed by atoms with van der Waals surface area (Å²) in [6.07, 6.45) is 5.66. The van der Waals surface area contributed by atoms with Gasteiger partial charge in [-0.15, -0.1) is 0 Å². The molecule has 3 atom stereocenters. The molecule has 0 fully saturated rings. The van der Waals surface area contributed by atoms with Crippen LogP contribution in [-0.4, -0.2) is 5.91 Å². The Labute approximate surface area is 184 Å². The zero-order valence-electron chi connectivity index (χ0n) is 18.3. The molecule has 1 aliphatic heterocycles. The van der Waals surface area contributed by atoms with E-state index in [1.807, 2.05) is 30.3 Å². The van der Waals surface area contributed by atoms with E-state index in [0.717, 1.165) is 17.8 Å². The maximum absolute atomic E-state index is 13.3. The first-order valence-electron chi connectivity index (χ1n) is 11.0. The van der Waals surface area contributed by atoms with Gasteiger partial charge in [0.15, 0.2) is 0 Å². The van der Waals surface area contributed by atoms with Crippen LogP contribution < -0.4 is 10.6 Å². The SMILES string of the molecule is Cc1cccc(C2Nc3c(C(=O)Nc4ccc(C)c(C)c4)cccc3C3C=CCC32)c1. The van der Waals surface area contributed by atoms with Gasteiger partial charge in [-0.3, -0.25) is 4.79 Å². The second-order valence-electron chi connectivity index (χ2n) is 8.91. The number of para-hydroxylation sites is 1. The zero-order valence-corrected chi connectivity index (χ0v) is 18.3. The van der Waals surface area contributed by atoms with Crippen molar-refractivity contribution < 1.29 is 4.79 Å². The first kappa shape index (κ1) is 19.6. The Hall–Kier alpha value is -3.33. The highest BCUT2D eigenvalue weighted by molar-refractivity contribution is 6.08. The second-order valence-corrected chi connectivity index (χ2v) is 8.91. The maximum Gasteiger partial charge on any atom is 0.257 e. The summed E-state index contributed by atoms with van der Waals surface area (Å²) in [6.45, 7) is 6.28. The minimum Gasteiger partial charge on any atom is -0.377 e. The zero-order chi connectivity index (χ0) is 21.5. The van der Waals surface area contributed by atoms with Gasteiger partial charge >= 0.3 is 0 Å². The van der Waals surface area contributed by atoms with Crippen molar-refractivity contribution in [3.8, 4) is 0 Å². The highest BCUT2D eigenvalue weighted by Gasteiger charge is 2.39. The fourth-order valence-corrected chi connectivity index (χ4v) is 5.02. The Kier molecular flexibility index (Phi) is 4.90. The van der Waals surface area contributed by atoms with Crippen molar-refractivity contribution in [2.45, 2.75) is 39.2 Å². The van der Waals surface area contributed by atoms with Gasteiger partial charge in [0, 0.05) is 11.6 Å². The van der Waals surface area contributed by atoms with Gasteiger partial charge in [0.05, 0.1) is 17.3 Å². The van der Waals surface area contributed by atoms with Crippen molar-refractivity contribution in [1.29, 1.82) is 0 Å². The third-order valence-corrected chi connectivity index (χ3v) is 6.81. The van der Waals surface area contributed by atoms with E-state index in [4.69, 9.17) is 0 Å². The Morgan fingerprint density at radius 3 is 2.61 bits per heavy atom. The molecule has 0 aromatic heterocycles. The van der Waals surface area contributed by atoms with Crippen LogP contribution in [0.4, 0.5) is 11.4 Å². The van der Waals surface area contributed by atoms with Gasteiger partial charge in [-0.05, 0) is 73.6 Å². The van der Waals surface area contributed by atoms with E-state index in [2.05, 4.69) is 73.9 Å². The number of hydrogen-bond acceptors (Lipinski definition) is 2. The van der Waals surface area contributed by atoms with Crippen molar-refractivity contribution >= 4 is 17.3 Å². The summed E-state index contributed by atoms with van der Waals surface area (Å²) in [5.41, 5.74) is 8.64. The molecule has 1 heterocycles. The normalized spacial score (nSPS) is 21.2. The standard InChI is InChI=1S/C28H28N2O/c1-17-7-4-8-20(15-17)26-23-10-5-9-22(23)24-11-6-12-25(27(24)30-26)28(31)29-21-14-13-18(2)19(3)16-21/h4-9,11-16,22-23,26,30H,10H2,1-3H3,(H,29,31). The van der Waals surface area contributed by atoms with Gasteiger partial charge in [0.2, 0.25) is 0 Å². The molecule has 3 aromatic rings. The fraction of sp³-hybridized carbons (Fsp3) is 0.250. The van der Waals surface area contributed by atoms with E-state index in [0.29, 0.717) is 17.4 Å². The van der Waals surface area contributed by atoms with Crippen LogP contribution in [0.15, 0.2) is 72.8 Å². The van der Waals surface area contributed by atoms with Crippen LogP contribution in [0.1, 0.15) is 56.6 Å². The lowest BCUT2D eigenvalue weighted by Gasteiger charge is -2.38. The van der Waals surface area contributed by atoms with Crippen LogP contribution in [0.3, 0.4) is 0 Å². The third-order valence-electron chi connectivity index (χ3n) is 6.81. The minimum absolute atomic E-state index is 0.0731. The van der Waals surface area contributed by atoms with Gasteiger partial charge in [-0.1, -0.05) is 60.2 Å². The number of fused-ring (bicyclic) bond motifs is 3. The third kappa shape index (κ3) is 3.54. The predicted octanol–water partition coefficient (Wildman–Crippen LogP) is 6.69. The molecule has 5 rings (SSSR count). The molecule has 3 nitrogen and oxygen atoms in total. The number of benzene rings is 3. The fourth-order valence-electron chi connectivity index (χ4n) is 5.02. The number of aryl methyl sites for hydroxylation is 3. The highest BCUT2D eigenvalue weighted by Crippen LogP contribution is 2.50. The number of nitrogens with one attached hydrogen (secondary N) is 2. The minimum atomic E-state index is -0.0731. The van der Waals surface area contributed by atoms with E-state index in [1.165, 1.54) is 27.8 Å². The molecule has 0 spiro atoms. The van der Waals surface area contributed by atoms with E-state index < -0.39 is 0 Å². The number of amides is 1. The Balaban J connectivity index is 1.52. The summed E-state index contributed by atoms with van der Waals surface area (Å²) in [6, 6.07) is 21.0. The van der Waals surface area contributed by atoms with Crippen molar-refractivity contribution in [1.82, 2.24) is 0 Å². The van der Waals surface area contributed by atoms with Crippen molar-refractivity contribution in [2.24, 2.45) is 5.92 Å². The molecule has 2 aliphatic rings. The quantitative estimate of drug-likeness (QED) is 0.474. The molecule has 2 N–H and O–H groups in total. The summed E-state index contributed by atoms with van der Waals surface area (Å²) in [5.74, 6) is 0.722. The molecule has 3 aromatic carbocycles. The monoisotopic (exact) mass is 408 g/mol. The van der Waals surface area contributed by atoms with Gasteiger partial charge in [-0.2, -0.15) is 0 Å². The van der Waals surface area contributed by atoms with Crippen molar-refractivity contribution in [2.75, 3.05) is 10.6 Å². The number of allylic oxidation sites excluding steroid dienone is 2. The highest BCUT2D eigenvalue weighted by atomic mass is 16.1. The molecule has 0 bridgehead atoms. The molecular formula is C28H28N2O. The summed E-state index contributed by atoms with van der Waals surface area (Å²) in [7, 11) is 0. The number of hydrogen-bond donors (Lipinski definition) is 2. The van der Waals surface area contributed by atoms with Crippen LogP contribution in [0.2, 0.25) is 0 Å². The van der Waals surface area contributed by atoms with Gasteiger partial charge in [0.1, 0.15) is 0 Å². The Morgan fingerprint density at radius 2 is 1.81 bits per heavy atom. The summed E-state index contributed by atoms with van der Waals surface area (Å²) in [4.78, 5) is 13.3. The first-order valence-corrected chi connectivity index (χ1v) is 11.0. The molecule has 0 radical (unpaired) electrons. The average molecular weight is 409 g/mol. The van der Waals surface area contributed by atoms with E-state index in [1.54, 1.807) is 0 Å². The topological polar surface area (TPSA) is 41.1 Å². The van der Waals surface area contributed by atoms with Crippen LogP contribution >= 0.6 is 0 Å².